The Morgan fingerprint density at radius 1 is 0.449 bits per heavy atom. The normalized spacial score (nSPS) is 13.7. The minimum Gasteiger partial charge on any atom is -0.310 e. The molecule has 7 aromatic carbocycles. The van der Waals surface area contributed by atoms with Crippen LogP contribution in [0.2, 0.25) is 0 Å². The molecule has 0 fully saturated rings. The molecule has 0 aliphatic carbocycles. The molecule has 0 unspecified atom stereocenters. The van der Waals surface area contributed by atoms with E-state index in [2.05, 4.69) is 139 Å². The second-order valence-electron chi connectivity index (χ2n) is 13.3. The lowest BCUT2D eigenvalue weighted by atomic mass is 9.73. The van der Waals surface area contributed by atoms with E-state index in [4.69, 9.17) is 0 Å². The Balaban J connectivity index is 1.33. The largest absolute Gasteiger partial charge is 0.310 e. The van der Waals surface area contributed by atoms with Crippen LogP contribution < -0.4 is 20.8 Å². The van der Waals surface area contributed by atoms with Crippen molar-refractivity contribution >= 4 is 61.9 Å². The molecule has 0 spiro atoms. The quantitative estimate of drug-likeness (QED) is 0.173. The third kappa shape index (κ3) is 4.46. The maximum atomic E-state index is 15.5. The third-order valence-corrected chi connectivity index (χ3v) is 13.3. The van der Waals surface area contributed by atoms with Crippen molar-refractivity contribution in [3.05, 3.63) is 187 Å². The summed E-state index contributed by atoms with van der Waals surface area (Å²) >= 11 is 0. The van der Waals surface area contributed by atoms with Gasteiger partial charge in [-0.05, 0) is 71.8 Å². The number of anilines is 3. The maximum absolute atomic E-state index is 15.5. The van der Waals surface area contributed by atoms with Crippen LogP contribution in [0.4, 0.5) is 17.1 Å². The molecule has 8 aromatic rings. The first-order chi connectivity index (χ1) is 24.0. The summed E-state index contributed by atoms with van der Waals surface area (Å²) in [5, 5.41) is 4.68. The molecule has 3 nitrogen and oxygen atoms in total. The van der Waals surface area contributed by atoms with Gasteiger partial charge < -0.3 is 14.0 Å². The molecule has 2 heterocycles. The summed E-state index contributed by atoms with van der Waals surface area (Å²) in [5.41, 5.74) is 9.21. The van der Waals surface area contributed by atoms with E-state index in [0.717, 1.165) is 49.1 Å². The molecular formula is C45H35N2OP. The second-order valence-corrected chi connectivity index (χ2v) is 16.1. The molecule has 1 aliphatic rings. The summed E-state index contributed by atoms with van der Waals surface area (Å²) in [7, 11) is -3.18. The summed E-state index contributed by atoms with van der Waals surface area (Å²) in [4.78, 5) is 2.41. The zero-order valence-electron chi connectivity index (χ0n) is 27.5. The minimum atomic E-state index is -3.18. The highest BCUT2D eigenvalue weighted by molar-refractivity contribution is 7.85. The van der Waals surface area contributed by atoms with Crippen LogP contribution >= 0.6 is 7.14 Å². The molecule has 4 heteroatoms. The van der Waals surface area contributed by atoms with E-state index in [0.29, 0.717) is 0 Å². The number of nitrogens with zero attached hydrogens (tertiary/aromatic N) is 2. The smallest absolute Gasteiger partial charge is 0.171 e. The van der Waals surface area contributed by atoms with Crippen LogP contribution in [0.5, 0.6) is 0 Å². The molecule has 0 atom stereocenters. The van der Waals surface area contributed by atoms with Gasteiger partial charge in [-0.25, -0.2) is 0 Å². The first-order valence-electron chi connectivity index (χ1n) is 16.8. The van der Waals surface area contributed by atoms with E-state index in [9.17, 15) is 0 Å². The highest BCUT2D eigenvalue weighted by Gasteiger charge is 2.37. The maximum Gasteiger partial charge on any atom is 0.171 e. The molecule has 0 saturated carbocycles. The van der Waals surface area contributed by atoms with Gasteiger partial charge in [-0.2, -0.15) is 0 Å². The van der Waals surface area contributed by atoms with Gasteiger partial charge >= 0.3 is 0 Å². The van der Waals surface area contributed by atoms with Gasteiger partial charge in [0.2, 0.25) is 0 Å². The zero-order valence-corrected chi connectivity index (χ0v) is 28.4. The molecule has 49 heavy (non-hydrogen) atoms. The Labute approximate surface area is 287 Å². The van der Waals surface area contributed by atoms with Crippen molar-refractivity contribution in [1.82, 2.24) is 4.57 Å². The molecule has 0 N–H and O–H groups in total. The van der Waals surface area contributed by atoms with Crippen molar-refractivity contribution < 1.29 is 4.57 Å². The molecule has 1 aromatic heterocycles. The van der Waals surface area contributed by atoms with Crippen LogP contribution in [0.1, 0.15) is 25.0 Å². The van der Waals surface area contributed by atoms with Gasteiger partial charge in [0.15, 0.2) is 7.14 Å². The van der Waals surface area contributed by atoms with E-state index in [1.165, 1.54) is 22.5 Å². The predicted octanol–water partition coefficient (Wildman–Crippen LogP) is 10.5. The van der Waals surface area contributed by atoms with Crippen molar-refractivity contribution in [2.45, 2.75) is 19.3 Å². The zero-order chi connectivity index (χ0) is 33.2. The first kappa shape index (κ1) is 29.5. The van der Waals surface area contributed by atoms with Gasteiger partial charge in [0.05, 0.1) is 22.4 Å². The SMILES string of the molecule is CC1(C)c2ccccc2N(c2ccc3c(c2)c2cc(P(=O)(c4ccccc4)c4ccccc4)ccc2n3-c2ccccc2)c2ccccc21. The lowest BCUT2D eigenvalue weighted by Gasteiger charge is -2.42. The number of rotatable bonds is 5. The fraction of sp³-hybridized carbons (Fsp3) is 0.0667. The van der Waals surface area contributed by atoms with Crippen LogP contribution in [0.3, 0.4) is 0 Å². The molecule has 0 radical (unpaired) electrons. The van der Waals surface area contributed by atoms with Crippen LogP contribution in [0.25, 0.3) is 27.5 Å². The Morgan fingerprint density at radius 3 is 1.49 bits per heavy atom. The summed E-state index contributed by atoms with van der Waals surface area (Å²) in [6, 6.07) is 61.1. The predicted molar refractivity (Wildman–Crippen MR) is 207 cm³/mol. The van der Waals surface area contributed by atoms with Crippen molar-refractivity contribution in [2.75, 3.05) is 4.90 Å². The number of aromatic nitrogens is 1. The minimum absolute atomic E-state index is 0.137. The third-order valence-electron chi connectivity index (χ3n) is 10.2. The highest BCUT2D eigenvalue weighted by atomic mass is 31.2. The van der Waals surface area contributed by atoms with Gasteiger partial charge in [-0.3, -0.25) is 0 Å². The molecule has 0 amide bonds. The molecular weight excluding hydrogens is 615 g/mol. The van der Waals surface area contributed by atoms with Gasteiger partial charge in [0.25, 0.3) is 0 Å². The van der Waals surface area contributed by atoms with Gasteiger partial charge in [-0.15, -0.1) is 0 Å². The Bertz CT molecular complexity index is 2460. The summed E-state index contributed by atoms with van der Waals surface area (Å²) in [6.07, 6.45) is 0. The fourth-order valence-electron chi connectivity index (χ4n) is 7.86. The number of benzene rings is 7. The van der Waals surface area contributed by atoms with E-state index in [1.807, 2.05) is 60.7 Å². The van der Waals surface area contributed by atoms with Crippen molar-refractivity contribution in [2.24, 2.45) is 0 Å². The van der Waals surface area contributed by atoms with Gasteiger partial charge in [0.1, 0.15) is 0 Å². The Kier molecular flexibility index (Phi) is 6.76. The lowest BCUT2D eigenvalue weighted by molar-refractivity contribution is 0.592. The van der Waals surface area contributed by atoms with Crippen molar-refractivity contribution in [3.63, 3.8) is 0 Å². The van der Waals surface area contributed by atoms with Crippen LogP contribution in [-0.4, -0.2) is 4.57 Å². The lowest BCUT2D eigenvalue weighted by Crippen LogP contribution is -2.30. The molecule has 1 aliphatic heterocycles. The number of hydrogen-bond acceptors (Lipinski definition) is 2. The van der Waals surface area contributed by atoms with E-state index >= 15 is 4.57 Å². The Morgan fingerprint density at radius 2 is 0.918 bits per heavy atom. The average Bonchev–Trinajstić information content (AvgIpc) is 3.49. The van der Waals surface area contributed by atoms with Crippen LogP contribution in [0.15, 0.2) is 176 Å². The number of hydrogen-bond donors (Lipinski definition) is 0. The summed E-state index contributed by atoms with van der Waals surface area (Å²) in [5.74, 6) is 0. The van der Waals surface area contributed by atoms with E-state index in [1.54, 1.807) is 0 Å². The van der Waals surface area contributed by atoms with Crippen LogP contribution in [0, 0.1) is 0 Å². The summed E-state index contributed by atoms with van der Waals surface area (Å²) < 4.78 is 17.8. The standard InChI is InChI=1S/C45H35N2OP/c1-45(2)39-22-12-14-24-43(39)47(44-25-15-13-23-40(44)45)33-26-28-41-37(30-33)38-31-36(27-29-42(38)46(41)32-16-6-3-7-17-32)49(48,34-18-8-4-9-19-34)35-20-10-5-11-21-35/h3-31H,1-2H3. The number of para-hydroxylation sites is 3. The molecule has 9 rings (SSSR count). The summed E-state index contributed by atoms with van der Waals surface area (Å²) in [6.45, 7) is 4.63. The second kappa shape index (κ2) is 11.2. The average molecular weight is 651 g/mol. The highest BCUT2D eigenvalue weighted by Crippen LogP contribution is 2.52. The topological polar surface area (TPSA) is 25.2 Å². The van der Waals surface area contributed by atoms with Crippen molar-refractivity contribution in [1.29, 1.82) is 0 Å². The monoisotopic (exact) mass is 650 g/mol. The molecule has 0 saturated heterocycles. The van der Waals surface area contributed by atoms with Gasteiger partial charge in [0, 0.05) is 43.5 Å². The fourth-order valence-corrected chi connectivity index (χ4v) is 10.5. The van der Waals surface area contributed by atoms with E-state index < -0.39 is 7.14 Å². The number of fused-ring (bicyclic) bond motifs is 5. The molecule has 236 valence electrons. The van der Waals surface area contributed by atoms with Crippen LogP contribution in [-0.2, 0) is 9.98 Å². The molecule has 0 bridgehead atoms. The van der Waals surface area contributed by atoms with E-state index in [-0.39, 0.29) is 5.41 Å². The van der Waals surface area contributed by atoms with Crippen molar-refractivity contribution in [3.8, 4) is 5.69 Å². The van der Waals surface area contributed by atoms with Gasteiger partial charge in [-0.1, -0.05) is 129 Å². The first-order valence-corrected chi connectivity index (χ1v) is 18.5. The Hall–Kier alpha value is -5.63.